The number of methoxy groups -OCH3 is 1. The monoisotopic (exact) mass is 365 g/mol. The first kappa shape index (κ1) is 17.5. The Morgan fingerprint density at radius 1 is 0.926 bits per heavy atom. The number of halogens is 1. The number of Topliss-reactive ketones (excluding diaryl/α,β-unsaturated/α-hetero) is 1. The van der Waals surface area contributed by atoms with E-state index in [9.17, 15) is 14.0 Å². The van der Waals surface area contributed by atoms with Crippen molar-refractivity contribution in [3.05, 3.63) is 76.7 Å². The molecule has 1 heterocycles. The first-order valence-electron chi connectivity index (χ1n) is 9.00. The van der Waals surface area contributed by atoms with Gasteiger partial charge in [-0.2, -0.15) is 0 Å². The maximum absolute atomic E-state index is 13.3. The Labute approximate surface area is 157 Å². The molecule has 0 radical (unpaired) electrons. The van der Waals surface area contributed by atoms with Gasteiger partial charge in [0, 0.05) is 30.0 Å². The van der Waals surface area contributed by atoms with Crippen LogP contribution in [0.15, 0.2) is 59.8 Å². The predicted molar refractivity (Wildman–Crippen MR) is 98.9 cm³/mol. The third-order valence-electron chi connectivity index (χ3n) is 5.40. The van der Waals surface area contributed by atoms with E-state index in [4.69, 9.17) is 4.74 Å². The van der Waals surface area contributed by atoms with Crippen molar-refractivity contribution in [2.75, 3.05) is 7.11 Å². The highest BCUT2D eigenvalue weighted by molar-refractivity contribution is 6.02. The summed E-state index contributed by atoms with van der Waals surface area (Å²) in [6.45, 7) is 0. The maximum atomic E-state index is 13.3. The molecule has 4 rings (SSSR count). The Morgan fingerprint density at radius 2 is 1.59 bits per heavy atom. The first-order valence-corrected chi connectivity index (χ1v) is 9.00. The summed E-state index contributed by atoms with van der Waals surface area (Å²) < 4.78 is 18.5. The van der Waals surface area contributed by atoms with Gasteiger partial charge in [0.25, 0.3) is 0 Å². The van der Waals surface area contributed by atoms with Crippen LogP contribution in [0, 0.1) is 5.82 Å². The predicted octanol–water partition coefficient (Wildman–Crippen LogP) is 3.84. The summed E-state index contributed by atoms with van der Waals surface area (Å²) >= 11 is 0. The molecule has 0 aromatic heterocycles. The summed E-state index contributed by atoms with van der Waals surface area (Å²) in [7, 11) is 1.61. The number of hydrogen-bond acceptors (Lipinski definition) is 3. The normalized spacial score (nSPS) is 22.3. The lowest BCUT2D eigenvalue weighted by Crippen LogP contribution is -2.38. The average Bonchev–Trinajstić information content (AvgIpc) is 2.67. The van der Waals surface area contributed by atoms with Crippen molar-refractivity contribution in [2.45, 2.75) is 31.1 Å². The maximum Gasteiger partial charge on any atom is 0.225 e. The standard InChI is InChI=1S/C22H20FNO3/c1-27-17-8-4-13(5-9-17)15-10-19-22(20(25)11-15)18(12-21(26)24-19)14-2-6-16(23)7-3-14/h2-9,15,18H,10-12H2,1H3,(H,24,26)/t15-,18+/m1/s1. The van der Waals surface area contributed by atoms with Gasteiger partial charge in [0.2, 0.25) is 5.91 Å². The molecular formula is C22H20FNO3. The van der Waals surface area contributed by atoms with Crippen molar-refractivity contribution in [3.8, 4) is 5.75 Å². The molecule has 27 heavy (non-hydrogen) atoms. The lowest BCUT2D eigenvalue weighted by Gasteiger charge is -2.34. The van der Waals surface area contributed by atoms with Gasteiger partial charge < -0.3 is 10.1 Å². The van der Waals surface area contributed by atoms with E-state index < -0.39 is 0 Å². The van der Waals surface area contributed by atoms with E-state index in [2.05, 4.69) is 5.32 Å². The molecule has 1 aliphatic heterocycles. The number of carbonyl (C=O) groups is 2. The average molecular weight is 365 g/mol. The van der Waals surface area contributed by atoms with Crippen LogP contribution in [-0.2, 0) is 9.59 Å². The van der Waals surface area contributed by atoms with Gasteiger partial charge in [0.1, 0.15) is 11.6 Å². The number of allylic oxidation sites excluding steroid dienone is 2. The van der Waals surface area contributed by atoms with Crippen molar-refractivity contribution in [3.63, 3.8) is 0 Å². The minimum atomic E-state index is -0.331. The lowest BCUT2D eigenvalue weighted by atomic mass is 9.73. The van der Waals surface area contributed by atoms with Crippen LogP contribution in [-0.4, -0.2) is 18.8 Å². The van der Waals surface area contributed by atoms with Gasteiger partial charge in [-0.15, -0.1) is 0 Å². The molecule has 5 heteroatoms. The van der Waals surface area contributed by atoms with Gasteiger partial charge in [-0.05, 0) is 47.7 Å². The van der Waals surface area contributed by atoms with Crippen LogP contribution in [0.25, 0.3) is 0 Å². The fourth-order valence-electron chi connectivity index (χ4n) is 4.05. The van der Waals surface area contributed by atoms with Gasteiger partial charge in [0.15, 0.2) is 5.78 Å². The number of ether oxygens (including phenoxy) is 1. The van der Waals surface area contributed by atoms with Gasteiger partial charge in [-0.3, -0.25) is 9.59 Å². The summed E-state index contributed by atoms with van der Waals surface area (Å²) in [5.41, 5.74) is 3.23. The molecule has 0 fully saturated rings. The van der Waals surface area contributed by atoms with E-state index in [1.807, 2.05) is 24.3 Å². The summed E-state index contributed by atoms with van der Waals surface area (Å²) in [5, 5.41) is 2.90. The number of hydrogen-bond donors (Lipinski definition) is 1. The van der Waals surface area contributed by atoms with Crippen molar-refractivity contribution in [2.24, 2.45) is 0 Å². The van der Waals surface area contributed by atoms with Crippen molar-refractivity contribution in [1.29, 1.82) is 0 Å². The molecule has 0 bridgehead atoms. The number of benzene rings is 2. The number of carbonyl (C=O) groups excluding carboxylic acids is 2. The lowest BCUT2D eigenvalue weighted by molar-refractivity contribution is -0.122. The van der Waals surface area contributed by atoms with Gasteiger partial charge in [-0.1, -0.05) is 24.3 Å². The van der Waals surface area contributed by atoms with Gasteiger partial charge in [-0.25, -0.2) is 4.39 Å². The summed E-state index contributed by atoms with van der Waals surface area (Å²) in [4.78, 5) is 25.2. The zero-order chi connectivity index (χ0) is 19.0. The third kappa shape index (κ3) is 3.37. The summed E-state index contributed by atoms with van der Waals surface area (Å²) in [6.07, 6.45) is 1.22. The van der Waals surface area contributed by atoms with Crippen molar-refractivity contribution >= 4 is 11.7 Å². The quantitative estimate of drug-likeness (QED) is 0.899. The van der Waals surface area contributed by atoms with Gasteiger partial charge in [0.05, 0.1) is 7.11 Å². The molecule has 0 unspecified atom stereocenters. The molecule has 0 spiro atoms. The SMILES string of the molecule is COc1ccc([C@H]2CC(=O)C3=C(C2)NC(=O)C[C@H]3c2ccc(F)cc2)cc1. The molecule has 2 aromatic carbocycles. The molecule has 1 N–H and O–H groups in total. The van der Waals surface area contributed by atoms with E-state index >= 15 is 0 Å². The second-order valence-corrected chi connectivity index (χ2v) is 7.05. The molecule has 1 amide bonds. The Balaban J connectivity index is 1.67. The highest BCUT2D eigenvalue weighted by atomic mass is 19.1. The van der Waals surface area contributed by atoms with E-state index in [0.717, 1.165) is 16.9 Å². The molecule has 2 atom stereocenters. The molecule has 2 aromatic rings. The fraction of sp³-hybridized carbons (Fsp3) is 0.273. The molecule has 0 saturated carbocycles. The van der Waals surface area contributed by atoms with E-state index in [-0.39, 0.29) is 35.8 Å². The van der Waals surface area contributed by atoms with Crippen LogP contribution in [0.4, 0.5) is 4.39 Å². The van der Waals surface area contributed by atoms with E-state index in [1.165, 1.54) is 12.1 Å². The van der Waals surface area contributed by atoms with E-state index in [1.54, 1.807) is 19.2 Å². The Morgan fingerprint density at radius 3 is 2.26 bits per heavy atom. The Kier molecular flexibility index (Phi) is 4.52. The highest BCUT2D eigenvalue weighted by Gasteiger charge is 2.38. The van der Waals surface area contributed by atoms with Crippen LogP contribution in [0.1, 0.15) is 42.2 Å². The number of ketones is 1. The van der Waals surface area contributed by atoms with E-state index in [0.29, 0.717) is 24.1 Å². The smallest absolute Gasteiger partial charge is 0.225 e. The van der Waals surface area contributed by atoms with Crippen LogP contribution < -0.4 is 10.1 Å². The zero-order valence-corrected chi connectivity index (χ0v) is 15.0. The number of nitrogens with one attached hydrogen (secondary N) is 1. The minimum Gasteiger partial charge on any atom is -0.497 e. The molecule has 0 saturated heterocycles. The van der Waals surface area contributed by atoms with Crippen LogP contribution in [0.5, 0.6) is 5.75 Å². The topological polar surface area (TPSA) is 55.4 Å². The largest absolute Gasteiger partial charge is 0.497 e. The molecule has 2 aliphatic rings. The Bertz CT molecular complexity index is 916. The summed E-state index contributed by atoms with van der Waals surface area (Å²) in [6, 6.07) is 13.7. The van der Waals surface area contributed by atoms with Crippen LogP contribution in [0.3, 0.4) is 0 Å². The second-order valence-electron chi connectivity index (χ2n) is 7.05. The number of amides is 1. The molecule has 4 nitrogen and oxygen atoms in total. The minimum absolute atomic E-state index is 0.0226. The molecule has 138 valence electrons. The van der Waals surface area contributed by atoms with Crippen molar-refractivity contribution < 1.29 is 18.7 Å². The van der Waals surface area contributed by atoms with Gasteiger partial charge >= 0.3 is 0 Å². The first-order chi connectivity index (χ1) is 13.0. The molecule has 1 aliphatic carbocycles. The second kappa shape index (κ2) is 6.99. The number of rotatable bonds is 3. The fourth-order valence-corrected chi connectivity index (χ4v) is 4.05. The summed E-state index contributed by atoms with van der Waals surface area (Å²) in [5.74, 6) is 0.0941. The zero-order valence-electron chi connectivity index (χ0n) is 15.0. The Hall–Kier alpha value is -2.95. The third-order valence-corrected chi connectivity index (χ3v) is 5.40. The van der Waals surface area contributed by atoms with Crippen molar-refractivity contribution in [1.82, 2.24) is 5.32 Å². The highest BCUT2D eigenvalue weighted by Crippen LogP contribution is 2.42. The van der Waals surface area contributed by atoms with Crippen LogP contribution in [0.2, 0.25) is 0 Å². The van der Waals surface area contributed by atoms with Crippen LogP contribution >= 0.6 is 0 Å². The molecular weight excluding hydrogens is 345 g/mol.